The van der Waals surface area contributed by atoms with Crippen LogP contribution in [0.5, 0.6) is 0 Å². The van der Waals surface area contributed by atoms with Crippen LogP contribution in [0.4, 0.5) is 14.4 Å². The summed E-state index contributed by atoms with van der Waals surface area (Å²) >= 11 is 1.52. The highest BCUT2D eigenvalue weighted by atomic mass is 32.2. The van der Waals surface area contributed by atoms with Crippen molar-refractivity contribution in [2.24, 2.45) is 14.7 Å². The first-order valence-corrected chi connectivity index (χ1v) is 24.4. The van der Waals surface area contributed by atoms with Gasteiger partial charge in [-0.15, -0.1) is 31.5 Å². The molecule has 2 unspecified atom stereocenters. The molecule has 3 aromatic rings. The Labute approximate surface area is 328 Å². The smallest absolute Gasteiger partial charge is 0.329 e. The van der Waals surface area contributed by atoms with Crippen LogP contribution < -0.4 is 15.4 Å². The van der Waals surface area contributed by atoms with Gasteiger partial charge in [0.25, 0.3) is 26.0 Å². The summed E-state index contributed by atoms with van der Waals surface area (Å²) in [5.74, 6) is -5.52. The SMILES string of the molecule is CCC1CN(Cc2ccc(F)cc2)C(=O)C(C2=NS(=O)(=O)c3c(CN(C(C(=O)O)C4=NS(=O)(=O)c5c(CNS(C)(=O)=O)csc5N4)S(C)(=O)=O)csc3N2)=C1O. The zero-order valence-electron chi connectivity index (χ0n) is 29.2. The molecule has 2 atom stereocenters. The van der Waals surface area contributed by atoms with Gasteiger partial charge >= 0.3 is 5.97 Å². The van der Waals surface area contributed by atoms with Crippen molar-refractivity contribution >= 4 is 96.3 Å². The van der Waals surface area contributed by atoms with Crippen molar-refractivity contribution in [3.05, 3.63) is 68.9 Å². The van der Waals surface area contributed by atoms with Crippen LogP contribution in [0.1, 0.15) is 30.0 Å². The number of amidine groups is 2. The second-order valence-corrected chi connectivity index (χ2v) is 21.4. The molecule has 5 heterocycles. The van der Waals surface area contributed by atoms with Gasteiger partial charge in [-0.05, 0) is 34.9 Å². The summed E-state index contributed by atoms with van der Waals surface area (Å²) in [4.78, 5) is 26.8. The molecular weight excluding hydrogens is 862 g/mol. The van der Waals surface area contributed by atoms with E-state index in [1.165, 1.54) is 39.9 Å². The highest BCUT2D eigenvalue weighted by molar-refractivity contribution is 7.91. The van der Waals surface area contributed by atoms with Gasteiger partial charge in [-0.1, -0.05) is 19.1 Å². The van der Waals surface area contributed by atoms with Crippen LogP contribution in [0.25, 0.3) is 0 Å². The van der Waals surface area contributed by atoms with E-state index >= 15 is 0 Å². The first kappa shape index (κ1) is 41.3. The average Bonchev–Trinajstić information content (AvgIpc) is 3.69. The molecule has 0 fully saturated rings. The maximum Gasteiger partial charge on any atom is 0.329 e. The van der Waals surface area contributed by atoms with Gasteiger partial charge in [0.05, 0.1) is 12.5 Å². The molecule has 26 heteroatoms. The van der Waals surface area contributed by atoms with Gasteiger partial charge in [-0.25, -0.2) is 30.7 Å². The molecular formula is C30H32FN7O12S6. The van der Waals surface area contributed by atoms with E-state index in [0.29, 0.717) is 22.5 Å². The normalized spacial score (nSPS) is 19.7. The molecule has 0 saturated heterocycles. The monoisotopic (exact) mass is 893 g/mol. The summed E-state index contributed by atoms with van der Waals surface area (Å²) in [5.41, 5.74) is -0.134. The summed E-state index contributed by atoms with van der Waals surface area (Å²) < 4.78 is 127. The van der Waals surface area contributed by atoms with Crippen LogP contribution in [-0.2, 0) is 69.3 Å². The number of carbonyl (C=O) groups excluding carboxylic acids is 1. The number of benzene rings is 1. The van der Waals surface area contributed by atoms with Crippen molar-refractivity contribution in [3.8, 4) is 0 Å². The number of aliphatic hydroxyl groups excluding tert-OH is 1. The second-order valence-electron chi connectivity index (χ2n) is 12.8. The summed E-state index contributed by atoms with van der Waals surface area (Å²) in [7, 11) is -17.9. The minimum Gasteiger partial charge on any atom is -0.511 e. The Morgan fingerprint density at radius 3 is 2.20 bits per heavy atom. The van der Waals surface area contributed by atoms with E-state index in [0.717, 1.165) is 28.9 Å². The molecule has 0 bridgehead atoms. The van der Waals surface area contributed by atoms with Crippen molar-refractivity contribution in [1.29, 1.82) is 0 Å². The van der Waals surface area contributed by atoms with Gasteiger partial charge in [-0.3, -0.25) is 4.79 Å². The van der Waals surface area contributed by atoms with E-state index in [9.17, 15) is 57.9 Å². The summed E-state index contributed by atoms with van der Waals surface area (Å²) in [5, 5.41) is 28.9. The Bertz CT molecular complexity index is 2690. The number of hydrogen-bond donors (Lipinski definition) is 5. The number of amides is 1. The number of anilines is 2. The molecule has 19 nitrogen and oxygen atoms in total. The number of carbonyl (C=O) groups is 2. The van der Waals surface area contributed by atoms with E-state index in [4.69, 9.17) is 0 Å². The number of carboxylic acid groups (broad SMARTS) is 1. The number of aliphatic hydroxyl groups is 1. The lowest BCUT2D eigenvalue weighted by Gasteiger charge is -2.34. The largest absolute Gasteiger partial charge is 0.511 e. The van der Waals surface area contributed by atoms with Crippen LogP contribution in [0.3, 0.4) is 0 Å². The maximum absolute atomic E-state index is 13.8. The number of sulfonamides is 4. The third-order valence-corrected chi connectivity index (χ3v) is 15.5. The van der Waals surface area contributed by atoms with Crippen LogP contribution in [0, 0.1) is 11.7 Å². The van der Waals surface area contributed by atoms with Gasteiger partial charge in [0, 0.05) is 43.2 Å². The molecule has 0 radical (unpaired) electrons. The molecule has 2 aromatic heterocycles. The first-order valence-electron chi connectivity index (χ1n) is 16.1. The summed E-state index contributed by atoms with van der Waals surface area (Å²) in [6, 6.07) is 3.04. The Kier molecular flexibility index (Phi) is 11.0. The molecule has 56 heavy (non-hydrogen) atoms. The fourth-order valence-corrected chi connectivity index (χ4v) is 12.7. The van der Waals surface area contributed by atoms with E-state index in [1.807, 2.05) is 0 Å². The zero-order chi connectivity index (χ0) is 41.1. The van der Waals surface area contributed by atoms with E-state index < -0.39 is 116 Å². The number of carboxylic acids is 1. The van der Waals surface area contributed by atoms with Crippen LogP contribution in [-0.4, -0.2) is 102 Å². The highest BCUT2D eigenvalue weighted by Gasteiger charge is 2.44. The van der Waals surface area contributed by atoms with Crippen molar-refractivity contribution in [2.75, 3.05) is 29.7 Å². The third kappa shape index (κ3) is 8.22. The van der Waals surface area contributed by atoms with Crippen LogP contribution in [0.15, 0.2) is 64.9 Å². The van der Waals surface area contributed by atoms with Gasteiger partial charge < -0.3 is 25.7 Å². The van der Waals surface area contributed by atoms with Crippen LogP contribution in [0.2, 0.25) is 0 Å². The Morgan fingerprint density at radius 2 is 1.61 bits per heavy atom. The number of halogens is 1. The number of aliphatic carboxylic acids is 1. The third-order valence-electron chi connectivity index (χ3n) is 8.71. The highest BCUT2D eigenvalue weighted by Crippen LogP contribution is 2.41. The van der Waals surface area contributed by atoms with Crippen molar-refractivity contribution in [2.45, 2.75) is 48.8 Å². The lowest BCUT2D eigenvalue weighted by Crippen LogP contribution is -2.52. The lowest BCUT2D eigenvalue weighted by atomic mass is 9.93. The van der Waals surface area contributed by atoms with E-state index in [1.54, 1.807) is 6.92 Å². The topological polar surface area (TPSA) is 278 Å². The quantitative estimate of drug-likeness (QED) is 0.164. The van der Waals surface area contributed by atoms with Crippen molar-refractivity contribution in [1.82, 2.24) is 13.9 Å². The average molecular weight is 894 g/mol. The molecule has 6 rings (SSSR count). The number of thiophene rings is 2. The van der Waals surface area contributed by atoms with Gasteiger partial charge in [0.15, 0.2) is 17.7 Å². The van der Waals surface area contributed by atoms with Gasteiger partial charge in [-0.2, -0.15) is 21.1 Å². The number of nitrogens with one attached hydrogen (secondary N) is 3. The minimum absolute atomic E-state index is 0.00367. The maximum atomic E-state index is 13.8. The first-order chi connectivity index (χ1) is 26.0. The number of rotatable bonds is 13. The zero-order valence-corrected chi connectivity index (χ0v) is 34.1. The van der Waals surface area contributed by atoms with E-state index in [-0.39, 0.29) is 34.2 Å². The molecule has 3 aliphatic heterocycles. The van der Waals surface area contributed by atoms with Gasteiger partial charge in [0.2, 0.25) is 20.0 Å². The standard InChI is InChI=1S/C30H32FN7O12S6/c1-4-16-11-37(10-15-5-7-19(31)8-6-15)29(40)20(22(16)39)25-33-28-24(56(49,50)35-25)18(14-52-28)12-38(54(3,45)46)21(30(41)42)26-34-27-23(55(47,48)36-26)17(13-51-27)9-32-53(2,43)44/h5-8,13-14,16,21,32,39H,4,9-12H2,1-3H3,(H,33,35)(H,34,36)(H,41,42). The molecule has 1 aromatic carbocycles. The summed E-state index contributed by atoms with van der Waals surface area (Å²) in [6.07, 6.45) is 1.83. The lowest BCUT2D eigenvalue weighted by molar-refractivity contribution is -0.139. The fourth-order valence-electron chi connectivity index (χ4n) is 6.12. The second kappa shape index (κ2) is 14.9. The predicted molar refractivity (Wildman–Crippen MR) is 204 cm³/mol. The molecule has 5 N–H and O–H groups in total. The molecule has 0 spiro atoms. The van der Waals surface area contributed by atoms with Crippen molar-refractivity contribution < 1.29 is 57.9 Å². The Hall–Kier alpha value is -4.31. The van der Waals surface area contributed by atoms with Crippen molar-refractivity contribution in [3.63, 3.8) is 0 Å². The Balaban J connectivity index is 1.33. The van der Waals surface area contributed by atoms with E-state index in [2.05, 4.69) is 24.2 Å². The van der Waals surface area contributed by atoms with Crippen LogP contribution >= 0.6 is 22.7 Å². The molecule has 302 valence electrons. The molecule has 1 amide bonds. The van der Waals surface area contributed by atoms with Gasteiger partial charge in [0.1, 0.15) is 36.9 Å². The minimum atomic E-state index is -4.79. The fraction of sp³-hybridized carbons (Fsp3) is 0.333. The number of nitrogens with zero attached hydrogens (tertiary/aromatic N) is 4. The number of hydrogen-bond acceptors (Lipinski definition) is 15. The number of fused-ring (bicyclic) bond motifs is 2. The molecule has 0 saturated carbocycles. The Morgan fingerprint density at radius 1 is 1.02 bits per heavy atom. The molecule has 3 aliphatic rings. The molecule has 0 aliphatic carbocycles. The predicted octanol–water partition coefficient (Wildman–Crippen LogP) is 1.82. The summed E-state index contributed by atoms with van der Waals surface area (Å²) in [6.45, 7) is 0.440.